The fourth-order valence-corrected chi connectivity index (χ4v) is 5.73. The molecule has 1 aliphatic rings. The highest BCUT2D eigenvalue weighted by atomic mass is 14.9. The van der Waals surface area contributed by atoms with Gasteiger partial charge in [0.1, 0.15) is 0 Å². The highest BCUT2D eigenvalue weighted by Gasteiger charge is 2.38. The molecule has 0 bridgehead atoms. The Morgan fingerprint density at radius 2 is 1.50 bits per heavy atom. The molecule has 0 fully saturated rings. The van der Waals surface area contributed by atoms with Crippen molar-refractivity contribution in [1.82, 2.24) is 4.40 Å². The summed E-state index contributed by atoms with van der Waals surface area (Å²) in [7, 11) is 0. The number of nitrogens with zero attached hydrogens (tertiary/aromatic N) is 1. The van der Waals surface area contributed by atoms with E-state index in [1.807, 2.05) is 0 Å². The molecule has 1 nitrogen and oxygen atoms in total. The number of fused-ring (bicyclic) bond motifs is 9. The molecule has 0 radical (unpaired) electrons. The van der Waals surface area contributed by atoms with Gasteiger partial charge < -0.3 is 4.40 Å². The maximum absolute atomic E-state index is 2.42. The van der Waals surface area contributed by atoms with E-state index in [0.717, 1.165) is 0 Å². The maximum atomic E-state index is 2.42. The van der Waals surface area contributed by atoms with Crippen LogP contribution in [0.1, 0.15) is 25.0 Å². The molecule has 0 aliphatic heterocycles. The standard InChI is InChI=1S/C27H19N/c1-27(2)22-10-6-5-9-19(22)21-15-17-13-14-28-25(17)23(24(21)27)20-12-11-16-7-3-4-8-18(16)26(20)28/h3-15H,1-2H3. The van der Waals surface area contributed by atoms with E-state index in [1.54, 1.807) is 0 Å². The summed E-state index contributed by atoms with van der Waals surface area (Å²) in [4.78, 5) is 0. The van der Waals surface area contributed by atoms with Crippen molar-refractivity contribution in [2.24, 2.45) is 0 Å². The van der Waals surface area contributed by atoms with Crippen molar-refractivity contribution in [3.05, 3.63) is 90.1 Å². The third-order valence-corrected chi connectivity index (χ3v) is 6.90. The first-order valence-corrected chi connectivity index (χ1v) is 9.97. The van der Waals surface area contributed by atoms with Gasteiger partial charge in [0.05, 0.1) is 11.0 Å². The molecule has 7 rings (SSSR count). The number of rotatable bonds is 0. The minimum absolute atomic E-state index is 0.00218. The van der Waals surface area contributed by atoms with Crippen LogP contribution in [0.25, 0.3) is 49.1 Å². The van der Waals surface area contributed by atoms with E-state index in [0.29, 0.717) is 0 Å². The number of aromatic nitrogens is 1. The molecule has 0 saturated heterocycles. The van der Waals surface area contributed by atoms with Gasteiger partial charge in [-0.2, -0.15) is 0 Å². The summed E-state index contributed by atoms with van der Waals surface area (Å²) in [6.45, 7) is 4.76. The summed E-state index contributed by atoms with van der Waals surface area (Å²) in [5, 5.41) is 6.77. The van der Waals surface area contributed by atoms with Gasteiger partial charge in [0, 0.05) is 33.2 Å². The van der Waals surface area contributed by atoms with E-state index >= 15 is 0 Å². The molecule has 4 aromatic carbocycles. The quantitative estimate of drug-likeness (QED) is 0.272. The van der Waals surface area contributed by atoms with Gasteiger partial charge >= 0.3 is 0 Å². The van der Waals surface area contributed by atoms with Crippen molar-refractivity contribution in [1.29, 1.82) is 0 Å². The van der Waals surface area contributed by atoms with Crippen LogP contribution in [-0.4, -0.2) is 4.40 Å². The average molecular weight is 357 g/mol. The van der Waals surface area contributed by atoms with Crippen LogP contribution >= 0.6 is 0 Å². The van der Waals surface area contributed by atoms with Gasteiger partial charge in [-0.05, 0) is 39.8 Å². The number of hydrogen-bond acceptors (Lipinski definition) is 0. The van der Waals surface area contributed by atoms with E-state index in [4.69, 9.17) is 0 Å². The molecule has 0 unspecified atom stereocenters. The topological polar surface area (TPSA) is 4.41 Å². The van der Waals surface area contributed by atoms with Gasteiger partial charge in [-0.15, -0.1) is 0 Å². The van der Waals surface area contributed by atoms with E-state index in [2.05, 4.69) is 97.2 Å². The Balaban J connectivity index is 1.80. The van der Waals surface area contributed by atoms with Gasteiger partial charge in [0.25, 0.3) is 0 Å². The molecule has 0 amide bonds. The van der Waals surface area contributed by atoms with Crippen LogP contribution in [-0.2, 0) is 5.41 Å². The normalized spacial score (nSPS) is 15.1. The van der Waals surface area contributed by atoms with Gasteiger partial charge in [0.2, 0.25) is 0 Å². The molecule has 1 aliphatic carbocycles. The molecule has 132 valence electrons. The first-order valence-electron chi connectivity index (χ1n) is 9.97. The molecule has 1 heteroatoms. The van der Waals surface area contributed by atoms with E-state index in [-0.39, 0.29) is 5.41 Å². The first-order chi connectivity index (χ1) is 13.7. The van der Waals surface area contributed by atoms with Crippen LogP contribution in [0, 0.1) is 0 Å². The zero-order valence-electron chi connectivity index (χ0n) is 16.0. The van der Waals surface area contributed by atoms with Crippen LogP contribution in [0.2, 0.25) is 0 Å². The zero-order valence-corrected chi connectivity index (χ0v) is 16.0. The minimum atomic E-state index is -0.00218. The Kier molecular flexibility index (Phi) is 2.39. The highest BCUT2D eigenvalue weighted by Crippen LogP contribution is 2.54. The second kappa shape index (κ2) is 4.56. The molecule has 2 heterocycles. The molecule has 6 aromatic rings. The van der Waals surface area contributed by atoms with Crippen LogP contribution in [0.15, 0.2) is 79.0 Å². The summed E-state index contributed by atoms with van der Waals surface area (Å²) in [6, 6.07) is 27.0. The van der Waals surface area contributed by atoms with Crippen molar-refractivity contribution < 1.29 is 0 Å². The molecule has 2 aromatic heterocycles. The third kappa shape index (κ3) is 1.49. The smallest absolute Gasteiger partial charge is 0.0613 e. The molecule has 0 spiro atoms. The molecule has 0 saturated carbocycles. The maximum Gasteiger partial charge on any atom is 0.0613 e. The van der Waals surface area contributed by atoms with Crippen molar-refractivity contribution in [2.75, 3.05) is 0 Å². The lowest BCUT2D eigenvalue weighted by molar-refractivity contribution is 0.667. The highest BCUT2D eigenvalue weighted by molar-refractivity contribution is 6.24. The number of benzene rings is 4. The fraction of sp³-hybridized carbons (Fsp3) is 0.111. The number of hydrogen-bond donors (Lipinski definition) is 0. The van der Waals surface area contributed by atoms with Crippen LogP contribution in [0.5, 0.6) is 0 Å². The van der Waals surface area contributed by atoms with Crippen LogP contribution in [0.4, 0.5) is 0 Å². The summed E-state index contributed by atoms with van der Waals surface area (Å²) < 4.78 is 2.42. The van der Waals surface area contributed by atoms with E-state index in [9.17, 15) is 0 Å². The second-order valence-electron chi connectivity index (χ2n) is 8.65. The SMILES string of the molecule is CC1(C)c2ccccc2-c2cc3ccn4c5c6ccccc6ccc5c(c21)c34. The molecule has 0 atom stereocenters. The lowest BCUT2D eigenvalue weighted by Gasteiger charge is -2.22. The summed E-state index contributed by atoms with van der Waals surface area (Å²) >= 11 is 0. The predicted molar refractivity (Wildman–Crippen MR) is 119 cm³/mol. The lowest BCUT2D eigenvalue weighted by atomic mass is 9.80. The lowest BCUT2D eigenvalue weighted by Crippen LogP contribution is -2.15. The summed E-state index contributed by atoms with van der Waals surface area (Å²) in [6.07, 6.45) is 2.25. The molecular formula is C27H19N. The van der Waals surface area contributed by atoms with Gasteiger partial charge in [-0.3, -0.25) is 0 Å². The van der Waals surface area contributed by atoms with E-state index < -0.39 is 0 Å². The first kappa shape index (κ1) is 14.7. The predicted octanol–water partition coefficient (Wildman–Crippen LogP) is 7.14. The second-order valence-corrected chi connectivity index (χ2v) is 8.65. The van der Waals surface area contributed by atoms with Crippen molar-refractivity contribution in [2.45, 2.75) is 19.3 Å². The molecule has 28 heavy (non-hydrogen) atoms. The van der Waals surface area contributed by atoms with Gasteiger partial charge in [-0.1, -0.05) is 74.5 Å². The Hall–Kier alpha value is -3.32. The Morgan fingerprint density at radius 1 is 0.679 bits per heavy atom. The monoisotopic (exact) mass is 357 g/mol. The van der Waals surface area contributed by atoms with E-state index in [1.165, 1.54) is 60.2 Å². The average Bonchev–Trinajstić information content (AvgIpc) is 3.35. The summed E-state index contributed by atoms with van der Waals surface area (Å²) in [5.74, 6) is 0. The minimum Gasteiger partial charge on any atom is -0.315 e. The van der Waals surface area contributed by atoms with Crippen LogP contribution in [0.3, 0.4) is 0 Å². The summed E-state index contributed by atoms with van der Waals surface area (Å²) in [5.41, 5.74) is 8.42. The largest absolute Gasteiger partial charge is 0.315 e. The molecule has 0 N–H and O–H groups in total. The molecular weight excluding hydrogens is 338 g/mol. The van der Waals surface area contributed by atoms with Crippen molar-refractivity contribution in [3.8, 4) is 11.1 Å². The van der Waals surface area contributed by atoms with Crippen molar-refractivity contribution in [3.63, 3.8) is 0 Å². The van der Waals surface area contributed by atoms with Crippen molar-refractivity contribution >= 4 is 38.0 Å². The Labute approximate surface area is 163 Å². The Bertz CT molecular complexity index is 1580. The van der Waals surface area contributed by atoms with Crippen LogP contribution < -0.4 is 0 Å². The zero-order chi connectivity index (χ0) is 18.6. The third-order valence-electron chi connectivity index (χ3n) is 6.90. The van der Waals surface area contributed by atoms with Gasteiger partial charge in [-0.25, -0.2) is 0 Å². The van der Waals surface area contributed by atoms with Gasteiger partial charge in [0.15, 0.2) is 0 Å². The fourth-order valence-electron chi connectivity index (χ4n) is 5.73. The Morgan fingerprint density at radius 3 is 2.43 bits per heavy atom.